The van der Waals surface area contributed by atoms with Crippen LogP contribution in [-0.4, -0.2) is 12.4 Å². The maximum atomic E-state index is 11.6. The zero-order valence-corrected chi connectivity index (χ0v) is 9.78. The van der Waals surface area contributed by atoms with Gasteiger partial charge in [-0.15, -0.1) is 0 Å². The molecule has 2 aromatic rings. The van der Waals surface area contributed by atoms with Crippen molar-refractivity contribution in [2.24, 2.45) is 0 Å². The van der Waals surface area contributed by atoms with Gasteiger partial charge in [-0.25, -0.2) is 0 Å². The van der Waals surface area contributed by atoms with Crippen molar-refractivity contribution in [2.75, 3.05) is 6.61 Å². The first kappa shape index (κ1) is 11.7. The number of carbonyl (C=O) groups is 1. The Labute approximate surface area is 102 Å². The van der Waals surface area contributed by atoms with Crippen LogP contribution in [0.2, 0.25) is 5.02 Å². The second kappa shape index (κ2) is 4.59. The molecule has 0 fully saturated rings. The Morgan fingerprint density at radius 2 is 2.24 bits per heavy atom. The number of ketones is 1. The Kier molecular flexibility index (Phi) is 3.15. The molecule has 0 saturated heterocycles. The van der Waals surface area contributed by atoms with Gasteiger partial charge in [-0.1, -0.05) is 11.6 Å². The minimum atomic E-state index is -0.286. The molecule has 1 aromatic heterocycles. The Morgan fingerprint density at radius 3 is 2.94 bits per heavy atom. The van der Waals surface area contributed by atoms with Gasteiger partial charge in [0, 0.05) is 6.07 Å². The van der Waals surface area contributed by atoms with Crippen LogP contribution >= 0.6 is 11.6 Å². The molecule has 0 amide bonds. The lowest BCUT2D eigenvalue weighted by Gasteiger charge is -2.04. The van der Waals surface area contributed by atoms with Crippen molar-refractivity contribution in [1.82, 2.24) is 0 Å². The molecular weight excluding hydrogens is 244 g/mol. The summed E-state index contributed by atoms with van der Waals surface area (Å²) in [6, 6.07) is 4.71. The van der Waals surface area contributed by atoms with Crippen LogP contribution in [0.1, 0.15) is 6.92 Å². The number of benzene rings is 1. The van der Waals surface area contributed by atoms with E-state index in [1.807, 2.05) is 0 Å². The third-order valence-corrected chi connectivity index (χ3v) is 2.41. The number of Topliss-reactive ketones (excluding diaryl/α,β-unsaturated/α-hetero) is 1. The molecule has 0 atom stereocenters. The van der Waals surface area contributed by atoms with Gasteiger partial charge >= 0.3 is 0 Å². The summed E-state index contributed by atoms with van der Waals surface area (Å²) in [7, 11) is 0. The van der Waals surface area contributed by atoms with Gasteiger partial charge in [0.15, 0.2) is 5.78 Å². The minimum absolute atomic E-state index is 0.0106. The molecule has 0 spiro atoms. The highest BCUT2D eigenvalue weighted by atomic mass is 35.5. The molecule has 2 rings (SSSR count). The van der Waals surface area contributed by atoms with Gasteiger partial charge in [-0.05, 0) is 19.1 Å². The van der Waals surface area contributed by atoms with Gasteiger partial charge in [0.05, 0.1) is 5.39 Å². The summed E-state index contributed by atoms with van der Waals surface area (Å²) in [5.74, 6) is 0.390. The molecule has 0 unspecified atom stereocenters. The molecule has 1 heterocycles. The van der Waals surface area contributed by atoms with Crippen LogP contribution in [0.25, 0.3) is 11.0 Å². The van der Waals surface area contributed by atoms with E-state index in [-0.39, 0.29) is 22.8 Å². The van der Waals surface area contributed by atoms with Gasteiger partial charge in [0.2, 0.25) is 5.43 Å². The van der Waals surface area contributed by atoms with E-state index in [2.05, 4.69) is 0 Å². The lowest BCUT2D eigenvalue weighted by molar-refractivity contribution is -0.118. The summed E-state index contributed by atoms with van der Waals surface area (Å²) in [5.41, 5.74) is 0.0893. The summed E-state index contributed by atoms with van der Waals surface area (Å²) in [6.07, 6.45) is 1.18. The zero-order valence-electron chi connectivity index (χ0n) is 9.03. The molecule has 4 nitrogen and oxygen atoms in total. The lowest BCUT2D eigenvalue weighted by atomic mass is 10.2. The summed E-state index contributed by atoms with van der Waals surface area (Å²) >= 11 is 5.65. The topological polar surface area (TPSA) is 56.5 Å². The molecule has 5 heteroatoms. The van der Waals surface area contributed by atoms with E-state index in [1.54, 1.807) is 18.2 Å². The second-order valence-electron chi connectivity index (χ2n) is 3.56. The molecule has 0 aliphatic rings. The SMILES string of the molecule is CC(=O)COc1ccc2c(=O)c(Cl)coc2c1. The Hall–Kier alpha value is -1.81. The van der Waals surface area contributed by atoms with E-state index >= 15 is 0 Å². The third kappa shape index (κ3) is 2.47. The predicted molar refractivity (Wildman–Crippen MR) is 63.7 cm³/mol. The molecular formula is C12H9ClO4. The molecule has 88 valence electrons. The number of carbonyl (C=O) groups excluding carboxylic acids is 1. The molecule has 0 aliphatic carbocycles. The Balaban J connectivity index is 2.42. The smallest absolute Gasteiger partial charge is 0.211 e. The average molecular weight is 253 g/mol. The van der Waals surface area contributed by atoms with E-state index < -0.39 is 0 Å². The molecule has 0 aliphatic heterocycles. The zero-order chi connectivity index (χ0) is 12.4. The van der Waals surface area contributed by atoms with Crippen molar-refractivity contribution in [2.45, 2.75) is 6.92 Å². The maximum Gasteiger partial charge on any atom is 0.211 e. The van der Waals surface area contributed by atoms with Crippen molar-refractivity contribution >= 4 is 28.4 Å². The predicted octanol–water partition coefficient (Wildman–Crippen LogP) is 2.41. The number of rotatable bonds is 3. The second-order valence-corrected chi connectivity index (χ2v) is 3.97. The first-order valence-electron chi connectivity index (χ1n) is 4.91. The van der Waals surface area contributed by atoms with E-state index in [4.69, 9.17) is 20.8 Å². The first-order valence-corrected chi connectivity index (χ1v) is 5.29. The molecule has 1 aromatic carbocycles. The standard InChI is InChI=1S/C12H9ClO4/c1-7(14)5-16-8-2-3-9-11(4-8)17-6-10(13)12(9)15/h2-4,6H,5H2,1H3. The van der Waals surface area contributed by atoms with Crippen molar-refractivity contribution < 1.29 is 13.9 Å². The Morgan fingerprint density at radius 1 is 1.47 bits per heavy atom. The average Bonchev–Trinajstić information content (AvgIpc) is 2.31. The monoisotopic (exact) mass is 252 g/mol. The van der Waals surface area contributed by atoms with Crippen LogP contribution in [0.5, 0.6) is 5.75 Å². The van der Waals surface area contributed by atoms with Crippen LogP contribution < -0.4 is 10.2 Å². The van der Waals surface area contributed by atoms with Crippen LogP contribution in [0.3, 0.4) is 0 Å². The molecule has 0 N–H and O–H groups in total. The quantitative estimate of drug-likeness (QED) is 0.842. The van der Waals surface area contributed by atoms with Crippen molar-refractivity contribution in [3.05, 3.63) is 39.7 Å². The minimum Gasteiger partial charge on any atom is -0.486 e. The molecule has 0 saturated carbocycles. The normalized spacial score (nSPS) is 10.5. The highest BCUT2D eigenvalue weighted by molar-refractivity contribution is 6.30. The summed E-state index contributed by atoms with van der Waals surface area (Å²) in [5, 5.41) is 0.419. The number of hydrogen-bond acceptors (Lipinski definition) is 4. The van der Waals surface area contributed by atoms with E-state index in [0.717, 1.165) is 0 Å². The number of hydrogen-bond donors (Lipinski definition) is 0. The van der Waals surface area contributed by atoms with Crippen LogP contribution in [0, 0.1) is 0 Å². The maximum absolute atomic E-state index is 11.6. The molecule has 0 radical (unpaired) electrons. The van der Waals surface area contributed by atoms with Gasteiger partial charge in [0.1, 0.15) is 29.2 Å². The molecule has 17 heavy (non-hydrogen) atoms. The van der Waals surface area contributed by atoms with Crippen molar-refractivity contribution in [3.63, 3.8) is 0 Å². The summed E-state index contributed by atoms with van der Waals surface area (Å²) < 4.78 is 10.4. The van der Waals surface area contributed by atoms with Crippen molar-refractivity contribution in [1.29, 1.82) is 0 Å². The summed E-state index contributed by atoms with van der Waals surface area (Å²) in [4.78, 5) is 22.4. The van der Waals surface area contributed by atoms with E-state index in [1.165, 1.54) is 13.2 Å². The Bertz CT molecular complexity index is 630. The van der Waals surface area contributed by atoms with Crippen LogP contribution in [-0.2, 0) is 4.79 Å². The van der Waals surface area contributed by atoms with E-state index in [9.17, 15) is 9.59 Å². The largest absolute Gasteiger partial charge is 0.486 e. The lowest BCUT2D eigenvalue weighted by Crippen LogP contribution is -2.07. The number of halogens is 1. The molecule has 0 bridgehead atoms. The highest BCUT2D eigenvalue weighted by Gasteiger charge is 2.06. The van der Waals surface area contributed by atoms with Crippen LogP contribution in [0.15, 0.2) is 33.7 Å². The van der Waals surface area contributed by atoms with Gasteiger partial charge in [-0.2, -0.15) is 0 Å². The first-order chi connectivity index (χ1) is 8.08. The van der Waals surface area contributed by atoms with Crippen LogP contribution in [0.4, 0.5) is 0 Å². The van der Waals surface area contributed by atoms with Crippen molar-refractivity contribution in [3.8, 4) is 5.75 Å². The van der Waals surface area contributed by atoms with Gasteiger partial charge in [0.25, 0.3) is 0 Å². The number of fused-ring (bicyclic) bond motifs is 1. The van der Waals surface area contributed by atoms with E-state index in [0.29, 0.717) is 16.7 Å². The fraction of sp³-hybridized carbons (Fsp3) is 0.167. The highest BCUT2D eigenvalue weighted by Crippen LogP contribution is 2.20. The fourth-order valence-electron chi connectivity index (χ4n) is 1.36. The number of ether oxygens (including phenoxy) is 1. The summed E-state index contributed by atoms with van der Waals surface area (Å²) in [6.45, 7) is 1.42. The third-order valence-electron chi connectivity index (χ3n) is 2.15. The van der Waals surface area contributed by atoms with Gasteiger partial charge in [-0.3, -0.25) is 9.59 Å². The fourth-order valence-corrected chi connectivity index (χ4v) is 1.51. The van der Waals surface area contributed by atoms with Gasteiger partial charge < -0.3 is 9.15 Å².